The van der Waals surface area contributed by atoms with E-state index >= 15 is 0 Å². The van der Waals surface area contributed by atoms with E-state index in [4.69, 9.17) is 5.11 Å². The van der Waals surface area contributed by atoms with Gasteiger partial charge in [0.15, 0.2) is 0 Å². The van der Waals surface area contributed by atoms with E-state index in [0.29, 0.717) is 5.52 Å². The lowest BCUT2D eigenvalue weighted by molar-refractivity contribution is 0.0697. The predicted molar refractivity (Wildman–Crippen MR) is 63.1 cm³/mol. The first kappa shape index (κ1) is 10.2. The quantitative estimate of drug-likeness (QED) is 0.812. The number of benzene rings is 1. The monoisotopic (exact) mass is 228 g/mol. The van der Waals surface area contributed by atoms with Crippen LogP contribution in [0.25, 0.3) is 11.0 Å². The smallest absolute Gasteiger partial charge is 0.335 e. The molecule has 3 rings (SSSR count). The number of fused-ring (bicyclic) bond motifs is 2. The predicted octanol–water partition coefficient (Wildman–Crippen LogP) is 2.21. The van der Waals surface area contributed by atoms with Crippen LogP contribution in [0.3, 0.4) is 0 Å². The number of nitrogens with zero attached hydrogens (tertiary/aromatic N) is 2. The lowest BCUT2D eigenvalue weighted by Gasteiger charge is -2.14. The molecule has 0 spiro atoms. The van der Waals surface area contributed by atoms with Gasteiger partial charge in [-0.1, -0.05) is 0 Å². The molecular weight excluding hydrogens is 216 g/mol. The maximum absolute atomic E-state index is 10.9. The van der Waals surface area contributed by atoms with Crippen molar-refractivity contribution in [3.05, 3.63) is 35.2 Å². The van der Waals surface area contributed by atoms with Gasteiger partial charge in [-0.05, 0) is 43.9 Å². The number of rotatable bonds is 1. The zero-order valence-electron chi connectivity index (χ0n) is 9.31. The van der Waals surface area contributed by atoms with Crippen molar-refractivity contribution in [2.24, 2.45) is 0 Å². The molecule has 0 radical (unpaired) electrons. The van der Waals surface area contributed by atoms with Crippen molar-refractivity contribution < 1.29 is 9.90 Å². The van der Waals surface area contributed by atoms with Crippen LogP contribution in [0, 0.1) is 0 Å². The van der Waals surface area contributed by atoms with Gasteiger partial charge in [0.25, 0.3) is 0 Å². The third-order valence-corrected chi connectivity index (χ3v) is 3.14. The number of aromatic carboxylic acids is 1. The number of carboxylic acid groups (broad SMARTS) is 1. The maximum atomic E-state index is 10.9. The Hall–Kier alpha value is -1.97. The number of hydrogen-bond donors (Lipinski definition) is 1. The maximum Gasteiger partial charge on any atom is 0.335 e. The van der Waals surface area contributed by atoms with E-state index in [1.165, 1.54) is 6.42 Å². The molecule has 0 bridgehead atoms. The minimum Gasteiger partial charge on any atom is -0.478 e. The molecular formula is C13H12N2O2. The standard InChI is InChI=1S/C13H12N2O2/c16-13(17)8-5-6-11-12(7-8)15-10-4-2-1-3-9(10)14-11/h5-7H,1-4H2,(H,16,17). The third kappa shape index (κ3) is 1.75. The number of hydrogen-bond acceptors (Lipinski definition) is 3. The summed E-state index contributed by atoms with van der Waals surface area (Å²) in [5, 5.41) is 8.93. The molecule has 4 heteroatoms. The number of carboxylic acids is 1. The Labute approximate surface area is 98.3 Å². The Morgan fingerprint density at radius 3 is 2.35 bits per heavy atom. The fourth-order valence-corrected chi connectivity index (χ4v) is 2.25. The van der Waals surface area contributed by atoms with Gasteiger partial charge in [-0.15, -0.1) is 0 Å². The minimum absolute atomic E-state index is 0.266. The van der Waals surface area contributed by atoms with Crippen LogP contribution in [0.4, 0.5) is 0 Å². The van der Waals surface area contributed by atoms with E-state index in [-0.39, 0.29) is 5.56 Å². The highest BCUT2D eigenvalue weighted by atomic mass is 16.4. The molecule has 1 N–H and O–H groups in total. The van der Waals surface area contributed by atoms with Crippen LogP contribution >= 0.6 is 0 Å². The summed E-state index contributed by atoms with van der Waals surface area (Å²) in [5.41, 5.74) is 3.85. The van der Waals surface area contributed by atoms with Gasteiger partial charge in [0.05, 0.1) is 28.0 Å². The van der Waals surface area contributed by atoms with Crippen molar-refractivity contribution in [2.75, 3.05) is 0 Å². The summed E-state index contributed by atoms with van der Waals surface area (Å²) >= 11 is 0. The van der Waals surface area contributed by atoms with Gasteiger partial charge in [-0.3, -0.25) is 0 Å². The fourth-order valence-electron chi connectivity index (χ4n) is 2.25. The third-order valence-electron chi connectivity index (χ3n) is 3.14. The topological polar surface area (TPSA) is 63.1 Å². The average molecular weight is 228 g/mol. The van der Waals surface area contributed by atoms with E-state index < -0.39 is 5.97 Å². The Balaban J connectivity index is 2.20. The molecule has 86 valence electrons. The van der Waals surface area contributed by atoms with Crippen LogP contribution in [-0.2, 0) is 12.8 Å². The van der Waals surface area contributed by atoms with Crippen LogP contribution in [0.2, 0.25) is 0 Å². The summed E-state index contributed by atoms with van der Waals surface area (Å²) in [6.07, 6.45) is 4.25. The summed E-state index contributed by atoms with van der Waals surface area (Å²) in [4.78, 5) is 20.0. The average Bonchev–Trinajstić information content (AvgIpc) is 2.35. The first-order valence-electron chi connectivity index (χ1n) is 5.77. The first-order chi connectivity index (χ1) is 8.24. The van der Waals surface area contributed by atoms with Crippen LogP contribution < -0.4 is 0 Å². The van der Waals surface area contributed by atoms with Crippen LogP contribution in [0.15, 0.2) is 18.2 Å². The van der Waals surface area contributed by atoms with E-state index in [1.807, 2.05) is 0 Å². The van der Waals surface area contributed by atoms with Crippen LogP contribution in [0.1, 0.15) is 34.6 Å². The van der Waals surface area contributed by atoms with Crippen molar-refractivity contribution in [1.82, 2.24) is 9.97 Å². The van der Waals surface area contributed by atoms with Crippen molar-refractivity contribution in [2.45, 2.75) is 25.7 Å². The second-order valence-electron chi connectivity index (χ2n) is 4.33. The minimum atomic E-state index is -0.925. The number of aromatic nitrogens is 2. The molecule has 0 fully saturated rings. The lowest BCUT2D eigenvalue weighted by atomic mass is 10.00. The van der Waals surface area contributed by atoms with Crippen molar-refractivity contribution >= 4 is 17.0 Å². The van der Waals surface area contributed by atoms with E-state index in [2.05, 4.69) is 9.97 Å². The van der Waals surface area contributed by atoms with E-state index in [0.717, 1.165) is 36.2 Å². The Bertz CT molecular complexity index is 608. The summed E-state index contributed by atoms with van der Waals surface area (Å²) in [7, 11) is 0. The number of carbonyl (C=O) groups is 1. The van der Waals surface area contributed by atoms with Crippen molar-refractivity contribution in [1.29, 1.82) is 0 Å². The molecule has 2 aromatic rings. The van der Waals surface area contributed by atoms with E-state index in [9.17, 15) is 4.79 Å². The highest BCUT2D eigenvalue weighted by Gasteiger charge is 2.14. The highest BCUT2D eigenvalue weighted by Crippen LogP contribution is 2.21. The number of aryl methyl sites for hydroxylation is 2. The SMILES string of the molecule is O=C(O)c1ccc2nc3c(nc2c1)CCCC3. The summed E-state index contributed by atoms with van der Waals surface area (Å²) < 4.78 is 0. The van der Waals surface area contributed by atoms with Crippen molar-refractivity contribution in [3.63, 3.8) is 0 Å². The Morgan fingerprint density at radius 1 is 1.06 bits per heavy atom. The molecule has 0 amide bonds. The summed E-state index contributed by atoms with van der Waals surface area (Å²) in [5.74, 6) is -0.925. The fraction of sp³-hybridized carbons (Fsp3) is 0.308. The van der Waals surface area contributed by atoms with Crippen LogP contribution in [0.5, 0.6) is 0 Å². The molecule has 1 heterocycles. The van der Waals surface area contributed by atoms with Gasteiger partial charge < -0.3 is 5.11 Å². The lowest BCUT2D eigenvalue weighted by Crippen LogP contribution is -2.08. The Morgan fingerprint density at radius 2 is 1.71 bits per heavy atom. The molecule has 1 aromatic heterocycles. The molecule has 0 unspecified atom stereocenters. The normalized spacial score (nSPS) is 14.6. The molecule has 4 nitrogen and oxygen atoms in total. The highest BCUT2D eigenvalue weighted by molar-refractivity contribution is 5.92. The van der Waals surface area contributed by atoms with Gasteiger partial charge in [0.2, 0.25) is 0 Å². The molecule has 0 saturated carbocycles. The van der Waals surface area contributed by atoms with Gasteiger partial charge in [0, 0.05) is 0 Å². The summed E-state index contributed by atoms with van der Waals surface area (Å²) in [6, 6.07) is 4.91. The first-order valence-corrected chi connectivity index (χ1v) is 5.77. The summed E-state index contributed by atoms with van der Waals surface area (Å²) in [6.45, 7) is 0. The van der Waals surface area contributed by atoms with E-state index in [1.54, 1.807) is 18.2 Å². The molecule has 0 atom stereocenters. The second-order valence-corrected chi connectivity index (χ2v) is 4.33. The second kappa shape index (κ2) is 3.80. The molecule has 0 saturated heterocycles. The zero-order valence-corrected chi connectivity index (χ0v) is 9.31. The molecule has 0 aliphatic heterocycles. The van der Waals surface area contributed by atoms with Gasteiger partial charge >= 0.3 is 5.97 Å². The van der Waals surface area contributed by atoms with Gasteiger partial charge in [0.1, 0.15) is 0 Å². The van der Waals surface area contributed by atoms with Crippen molar-refractivity contribution in [3.8, 4) is 0 Å². The van der Waals surface area contributed by atoms with Crippen LogP contribution in [-0.4, -0.2) is 21.0 Å². The molecule has 1 aromatic carbocycles. The molecule has 1 aliphatic carbocycles. The largest absolute Gasteiger partial charge is 0.478 e. The molecule has 17 heavy (non-hydrogen) atoms. The Kier molecular flexibility index (Phi) is 2.28. The van der Waals surface area contributed by atoms with Gasteiger partial charge in [-0.25, -0.2) is 14.8 Å². The zero-order chi connectivity index (χ0) is 11.8. The molecule has 1 aliphatic rings. The van der Waals surface area contributed by atoms with Gasteiger partial charge in [-0.2, -0.15) is 0 Å².